The Hall–Kier alpha value is -1.31. The van der Waals surface area contributed by atoms with E-state index < -0.39 is 0 Å². The van der Waals surface area contributed by atoms with E-state index in [0.717, 1.165) is 11.1 Å². The number of carbonyl (C=O) groups excluding carboxylic acids is 1. The number of alkyl halides is 2. The highest BCUT2D eigenvalue weighted by Crippen LogP contribution is 2.14. The van der Waals surface area contributed by atoms with E-state index >= 15 is 0 Å². The molecule has 0 heterocycles. The molecule has 0 fully saturated rings. The molecule has 0 aromatic heterocycles. The Balaban J connectivity index is 2.23. The van der Waals surface area contributed by atoms with Gasteiger partial charge in [-0.15, -0.1) is 23.2 Å². The lowest BCUT2D eigenvalue weighted by Crippen LogP contribution is -2.01. The summed E-state index contributed by atoms with van der Waals surface area (Å²) < 4.78 is 0. The van der Waals surface area contributed by atoms with Crippen molar-refractivity contribution >= 4 is 29.0 Å². The summed E-state index contributed by atoms with van der Waals surface area (Å²) in [4.78, 5) is 12.2. The van der Waals surface area contributed by atoms with Gasteiger partial charge in [-0.3, -0.25) is 4.79 Å². The van der Waals surface area contributed by atoms with Crippen LogP contribution in [0.25, 0.3) is 0 Å². The Labute approximate surface area is 116 Å². The minimum absolute atomic E-state index is 0.0113. The number of halogens is 2. The maximum atomic E-state index is 12.2. The third-order valence-corrected chi connectivity index (χ3v) is 3.36. The molecule has 0 aliphatic heterocycles. The maximum Gasteiger partial charge on any atom is 0.193 e. The number of hydrogen-bond donors (Lipinski definition) is 0. The average molecular weight is 279 g/mol. The van der Waals surface area contributed by atoms with E-state index in [9.17, 15) is 4.79 Å². The first kappa shape index (κ1) is 13.1. The van der Waals surface area contributed by atoms with Crippen molar-refractivity contribution < 1.29 is 4.79 Å². The third-order valence-electron chi connectivity index (χ3n) is 2.74. The molecule has 0 saturated heterocycles. The normalized spacial score (nSPS) is 10.3. The first-order chi connectivity index (χ1) is 8.74. The highest BCUT2D eigenvalue weighted by atomic mass is 35.5. The fourth-order valence-electron chi connectivity index (χ4n) is 1.66. The molecule has 0 atom stereocenters. The molecule has 18 heavy (non-hydrogen) atoms. The molecule has 92 valence electrons. The van der Waals surface area contributed by atoms with Crippen molar-refractivity contribution in [3.8, 4) is 0 Å². The molecular weight excluding hydrogens is 267 g/mol. The number of carbonyl (C=O) groups is 1. The summed E-state index contributed by atoms with van der Waals surface area (Å²) in [6, 6.07) is 14.7. The van der Waals surface area contributed by atoms with Crippen LogP contribution in [0.1, 0.15) is 27.0 Å². The van der Waals surface area contributed by atoms with Crippen LogP contribution >= 0.6 is 23.2 Å². The summed E-state index contributed by atoms with van der Waals surface area (Å²) in [5.74, 6) is 0.926. The lowest BCUT2D eigenvalue weighted by atomic mass is 10.0. The molecule has 0 aliphatic carbocycles. The molecule has 2 aromatic rings. The molecule has 0 aliphatic rings. The van der Waals surface area contributed by atoms with E-state index in [2.05, 4.69) is 0 Å². The zero-order valence-corrected chi connectivity index (χ0v) is 11.2. The van der Waals surface area contributed by atoms with Crippen molar-refractivity contribution in [3.05, 3.63) is 70.8 Å². The monoisotopic (exact) mass is 278 g/mol. The molecule has 0 unspecified atom stereocenters. The summed E-state index contributed by atoms with van der Waals surface area (Å²) in [7, 11) is 0. The Bertz CT molecular complexity index is 480. The fraction of sp³-hybridized carbons (Fsp3) is 0.133. The summed E-state index contributed by atoms with van der Waals surface area (Å²) in [6.07, 6.45) is 0. The van der Waals surface area contributed by atoms with E-state index in [0.29, 0.717) is 22.9 Å². The van der Waals surface area contributed by atoms with Crippen LogP contribution < -0.4 is 0 Å². The summed E-state index contributed by atoms with van der Waals surface area (Å²) in [5.41, 5.74) is 3.35. The van der Waals surface area contributed by atoms with Gasteiger partial charge in [0.1, 0.15) is 0 Å². The highest BCUT2D eigenvalue weighted by molar-refractivity contribution is 6.17. The molecule has 0 bridgehead atoms. The van der Waals surface area contributed by atoms with Gasteiger partial charge >= 0.3 is 0 Å². The fourth-order valence-corrected chi connectivity index (χ4v) is 2.01. The first-order valence-corrected chi connectivity index (χ1v) is 6.66. The van der Waals surface area contributed by atoms with Gasteiger partial charge in [0.05, 0.1) is 0 Å². The largest absolute Gasteiger partial charge is 0.289 e. The van der Waals surface area contributed by atoms with Gasteiger partial charge in [0, 0.05) is 22.9 Å². The molecule has 1 nitrogen and oxygen atoms in total. The van der Waals surface area contributed by atoms with Crippen molar-refractivity contribution in [1.82, 2.24) is 0 Å². The Morgan fingerprint density at radius 3 is 1.33 bits per heavy atom. The van der Waals surface area contributed by atoms with Crippen LogP contribution in [-0.4, -0.2) is 5.78 Å². The molecule has 0 N–H and O–H groups in total. The zero-order valence-electron chi connectivity index (χ0n) is 9.70. The Morgan fingerprint density at radius 1 is 0.722 bits per heavy atom. The molecule has 0 amide bonds. The number of benzene rings is 2. The van der Waals surface area contributed by atoms with E-state index in [1.807, 2.05) is 24.3 Å². The third kappa shape index (κ3) is 2.92. The second-order valence-corrected chi connectivity index (χ2v) is 4.52. The van der Waals surface area contributed by atoms with E-state index in [1.54, 1.807) is 24.3 Å². The van der Waals surface area contributed by atoms with Gasteiger partial charge < -0.3 is 0 Å². The maximum absolute atomic E-state index is 12.2. The van der Waals surface area contributed by atoms with Crippen LogP contribution in [0.3, 0.4) is 0 Å². The lowest BCUT2D eigenvalue weighted by Gasteiger charge is -2.03. The first-order valence-electron chi connectivity index (χ1n) is 5.59. The van der Waals surface area contributed by atoms with Gasteiger partial charge in [-0.05, 0) is 11.1 Å². The number of ketones is 1. The van der Waals surface area contributed by atoms with Crippen molar-refractivity contribution in [1.29, 1.82) is 0 Å². The van der Waals surface area contributed by atoms with Gasteiger partial charge in [-0.1, -0.05) is 48.5 Å². The van der Waals surface area contributed by atoms with E-state index in [1.165, 1.54) is 0 Å². The van der Waals surface area contributed by atoms with Crippen molar-refractivity contribution in [2.45, 2.75) is 11.8 Å². The average Bonchev–Trinajstić information content (AvgIpc) is 2.47. The molecule has 2 aromatic carbocycles. The number of hydrogen-bond acceptors (Lipinski definition) is 1. The second kappa shape index (κ2) is 6.03. The summed E-state index contributed by atoms with van der Waals surface area (Å²) in [6.45, 7) is 0. The van der Waals surface area contributed by atoms with Crippen LogP contribution in [0.2, 0.25) is 0 Å². The van der Waals surface area contributed by atoms with Crippen LogP contribution in [0.4, 0.5) is 0 Å². The molecule has 0 radical (unpaired) electrons. The SMILES string of the molecule is O=C(c1ccc(CCl)cc1)c1ccc(CCl)cc1. The predicted octanol–water partition coefficient (Wildman–Crippen LogP) is 4.40. The lowest BCUT2D eigenvalue weighted by molar-refractivity contribution is 0.103. The van der Waals surface area contributed by atoms with Crippen molar-refractivity contribution in [3.63, 3.8) is 0 Å². The standard InChI is InChI=1S/C15H12Cl2O/c16-9-11-1-5-13(6-2-11)15(18)14-7-3-12(10-17)4-8-14/h1-8H,9-10H2. The zero-order chi connectivity index (χ0) is 13.0. The summed E-state index contributed by atoms with van der Waals surface area (Å²) in [5, 5.41) is 0. The predicted molar refractivity (Wildman–Crippen MR) is 75.4 cm³/mol. The van der Waals surface area contributed by atoms with Crippen LogP contribution in [0, 0.1) is 0 Å². The topological polar surface area (TPSA) is 17.1 Å². The molecule has 3 heteroatoms. The minimum atomic E-state index is 0.0113. The van der Waals surface area contributed by atoms with Gasteiger partial charge in [0.2, 0.25) is 0 Å². The van der Waals surface area contributed by atoms with Crippen LogP contribution in [0.5, 0.6) is 0 Å². The minimum Gasteiger partial charge on any atom is -0.289 e. The number of rotatable bonds is 4. The van der Waals surface area contributed by atoms with Gasteiger partial charge in [0.25, 0.3) is 0 Å². The van der Waals surface area contributed by atoms with E-state index in [4.69, 9.17) is 23.2 Å². The van der Waals surface area contributed by atoms with Crippen LogP contribution in [0.15, 0.2) is 48.5 Å². The van der Waals surface area contributed by atoms with Gasteiger partial charge in [-0.2, -0.15) is 0 Å². The van der Waals surface area contributed by atoms with Crippen molar-refractivity contribution in [2.75, 3.05) is 0 Å². The van der Waals surface area contributed by atoms with Crippen LogP contribution in [-0.2, 0) is 11.8 Å². The quantitative estimate of drug-likeness (QED) is 0.599. The molecular formula is C15H12Cl2O. The Kier molecular flexibility index (Phi) is 4.40. The molecule has 0 spiro atoms. The Morgan fingerprint density at radius 2 is 1.06 bits per heavy atom. The van der Waals surface area contributed by atoms with Gasteiger partial charge in [-0.25, -0.2) is 0 Å². The summed E-state index contributed by atoms with van der Waals surface area (Å²) >= 11 is 11.4. The highest BCUT2D eigenvalue weighted by Gasteiger charge is 2.08. The second-order valence-electron chi connectivity index (χ2n) is 3.99. The smallest absolute Gasteiger partial charge is 0.193 e. The van der Waals surface area contributed by atoms with E-state index in [-0.39, 0.29) is 5.78 Å². The van der Waals surface area contributed by atoms with Gasteiger partial charge in [0.15, 0.2) is 5.78 Å². The molecule has 0 saturated carbocycles. The molecule has 2 rings (SSSR count). The van der Waals surface area contributed by atoms with Crippen molar-refractivity contribution in [2.24, 2.45) is 0 Å².